The van der Waals surface area contributed by atoms with E-state index in [-0.39, 0.29) is 12.0 Å². The van der Waals surface area contributed by atoms with Crippen LogP contribution >= 0.6 is 0 Å². The highest BCUT2D eigenvalue weighted by Crippen LogP contribution is 2.50. The highest BCUT2D eigenvalue weighted by molar-refractivity contribution is 5.89. The van der Waals surface area contributed by atoms with Crippen LogP contribution in [0, 0.1) is 5.92 Å². The Hall–Kier alpha value is -1.34. The molecule has 2 fully saturated rings. The molecule has 0 aromatic heterocycles. The number of hydrogen-bond donors (Lipinski definition) is 1. The average molecular weight is 315 g/mol. The zero-order valence-corrected chi connectivity index (χ0v) is 14.0. The first-order chi connectivity index (χ1) is 9.99. The highest BCUT2D eigenvalue weighted by atomic mass is 16.7. The zero-order valence-electron chi connectivity index (χ0n) is 14.0. The maximum atomic E-state index is 12.1. The normalized spacial score (nSPS) is 33.2. The molecular formula is C15H25NO6. The first kappa shape index (κ1) is 17.0. The molecule has 1 saturated carbocycles. The molecule has 0 radical (unpaired) electrons. The van der Waals surface area contributed by atoms with Crippen molar-refractivity contribution in [2.75, 3.05) is 13.7 Å². The zero-order chi connectivity index (χ0) is 16.8. The molecule has 0 aromatic carbocycles. The molecule has 2 rings (SSSR count). The van der Waals surface area contributed by atoms with Crippen molar-refractivity contribution in [3.05, 3.63) is 0 Å². The van der Waals surface area contributed by atoms with Crippen molar-refractivity contribution >= 4 is 12.1 Å². The molecule has 1 aliphatic carbocycles. The van der Waals surface area contributed by atoms with Crippen LogP contribution < -0.4 is 5.32 Å². The third kappa shape index (κ3) is 3.52. The lowest BCUT2D eigenvalue weighted by molar-refractivity contribution is -0.150. The summed E-state index contributed by atoms with van der Waals surface area (Å²) in [6.07, 6.45) is -0.453. The second kappa shape index (κ2) is 5.38. The van der Waals surface area contributed by atoms with E-state index in [0.29, 0.717) is 13.0 Å². The van der Waals surface area contributed by atoms with Crippen molar-refractivity contribution in [2.24, 2.45) is 5.92 Å². The number of alkyl carbamates (subject to hydrolysis) is 1. The molecule has 0 spiro atoms. The molecule has 0 aromatic rings. The summed E-state index contributed by atoms with van der Waals surface area (Å²) in [4.78, 5) is 24.1. The molecule has 7 nitrogen and oxygen atoms in total. The molecule has 0 bridgehead atoms. The van der Waals surface area contributed by atoms with Gasteiger partial charge in [-0.1, -0.05) is 0 Å². The van der Waals surface area contributed by atoms with E-state index in [9.17, 15) is 9.59 Å². The Labute approximate surface area is 130 Å². The van der Waals surface area contributed by atoms with Gasteiger partial charge in [-0.15, -0.1) is 0 Å². The SMILES string of the molecule is COC(=O)[C@]1(NC(=O)OC(C)(C)C)C[C@H]1[C@H]1COC(C)(C)O1. The lowest BCUT2D eigenvalue weighted by Crippen LogP contribution is -2.49. The van der Waals surface area contributed by atoms with E-state index in [1.54, 1.807) is 20.8 Å². The van der Waals surface area contributed by atoms with Crippen LogP contribution in [0.25, 0.3) is 0 Å². The quantitative estimate of drug-likeness (QED) is 0.796. The molecule has 1 N–H and O–H groups in total. The minimum Gasteiger partial charge on any atom is -0.467 e. The fraction of sp³-hybridized carbons (Fsp3) is 0.867. The van der Waals surface area contributed by atoms with Crippen molar-refractivity contribution in [1.29, 1.82) is 0 Å². The molecule has 3 atom stereocenters. The predicted octanol–water partition coefficient (Wildman–Crippen LogP) is 1.59. The molecule has 1 heterocycles. The molecule has 7 heteroatoms. The van der Waals surface area contributed by atoms with Crippen molar-refractivity contribution in [3.8, 4) is 0 Å². The lowest BCUT2D eigenvalue weighted by Gasteiger charge is -2.24. The first-order valence-corrected chi connectivity index (χ1v) is 7.40. The van der Waals surface area contributed by atoms with Crippen molar-refractivity contribution in [3.63, 3.8) is 0 Å². The average Bonchev–Trinajstić information content (AvgIpc) is 2.95. The van der Waals surface area contributed by atoms with Crippen molar-refractivity contribution in [1.82, 2.24) is 5.32 Å². The smallest absolute Gasteiger partial charge is 0.408 e. The van der Waals surface area contributed by atoms with Crippen LogP contribution in [-0.2, 0) is 23.7 Å². The van der Waals surface area contributed by atoms with Crippen LogP contribution in [0.3, 0.4) is 0 Å². The van der Waals surface area contributed by atoms with Crippen LogP contribution in [0.5, 0.6) is 0 Å². The van der Waals surface area contributed by atoms with Crippen molar-refractivity contribution < 1.29 is 28.5 Å². The number of ether oxygens (including phenoxy) is 4. The molecule has 22 heavy (non-hydrogen) atoms. The molecule has 126 valence electrons. The van der Waals surface area contributed by atoms with Gasteiger partial charge in [-0.2, -0.15) is 0 Å². The van der Waals surface area contributed by atoms with E-state index in [1.807, 2.05) is 13.8 Å². The minimum absolute atomic E-state index is 0.186. The maximum absolute atomic E-state index is 12.1. The largest absolute Gasteiger partial charge is 0.467 e. The molecule has 1 amide bonds. The Bertz CT molecular complexity index is 469. The Morgan fingerprint density at radius 3 is 2.36 bits per heavy atom. The highest BCUT2D eigenvalue weighted by Gasteiger charge is 2.67. The van der Waals surface area contributed by atoms with Gasteiger partial charge in [0.25, 0.3) is 0 Å². The van der Waals surface area contributed by atoms with Gasteiger partial charge in [0.05, 0.1) is 19.8 Å². The summed E-state index contributed by atoms with van der Waals surface area (Å²) in [5.41, 5.74) is -1.73. The summed E-state index contributed by atoms with van der Waals surface area (Å²) in [5, 5.41) is 2.66. The summed E-state index contributed by atoms with van der Waals surface area (Å²) >= 11 is 0. The number of rotatable bonds is 3. The minimum atomic E-state index is -1.09. The third-order valence-electron chi connectivity index (χ3n) is 3.77. The number of nitrogens with one attached hydrogen (secondary N) is 1. The van der Waals surface area contributed by atoms with Gasteiger partial charge in [0.2, 0.25) is 0 Å². The standard InChI is InChI=1S/C15H25NO6/c1-13(2,3)22-12(18)16-15(11(17)19-6)7-9(15)10-8-20-14(4,5)21-10/h9-10H,7-8H2,1-6H3,(H,16,18)/t9-,10+,15-/m0/s1. The van der Waals surface area contributed by atoms with Gasteiger partial charge in [0, 0.05) is 5.92 Å². The second-order valence-corrected chi connectivity index (χ2v) is 7.27. The maximum Gasteiger partial charge on any atom is 0.408 e. The number of carbonyl (C=O) groups excluding carboxylic acids is 2. The van der Waals surface area contributed by atoms with Crippen LogP contribution in [0.2, 0.25) is 0 Å². The van der Waals surface area contributed by atoms with E-state index in [4.69, 9.17) is 18.9 Å². The van der Waals surface area contributed by atoms with Crippen molar-refractivity contribution in [2.45, 2.75) is 64.1 Å². The Morgan fingerprint density at radius 2 is 1.91 bits per heavy atom. The van der Waals surface area contributed by atoms with Gasteiger partial charge in [0.1, 0.15) is 11.1 Å². The first-order valence-electron chi connectivity index (χ1n) is 7.40. The van der Waals surface area contributed by atoms with Gasteiger partial charge in [0.15, 0.2) is 5.79 Å². The number of amides is 1. The van der Waals surface area contributed by atoms with Crippen LogP contribution in [-0.4, -0.2) is 48.8 Å². The molecule has 1 aliphatic heterocycles. The number of hydrogen-bond acceptors (Lipinski definition) is 6. The molecule has 0 unspecified atom stereocenters. The summed E-state index contributed by atoms with van der Waals surface area (Å²) in [6, 6.07) is 0. The third-order valence-corrected chi connectivity index (χ3v) is 3.77. The van der Waals surface area contributed by atoms with E-state index in [0.717, 1.165) is 0 Å². The number of esters is 1. The molecular weight excluding hydrogens is 290 g/mol. The van der Waals surface area contributed by atoms with Gasteiger partial charge in [-0.05, 0) is 41.0 Å². The van der Waals surface area contributed by atoms with E-state index in [1.165, 1.54) is 7.11 Å². The number of methoxy groups -OCH3 is 1. The molecule has 2 aliphatic rings. The summed E-state index contributed by atoms with van der Waals surface area (Å²) in [6.45, 7) is 9.30. The Kier molecular flexibility index (Phi) is 4.16. The fourth-order valence-corrected chi connectivity index (χ4v) is 2.75. The van der Waals surface area contributed by atoms with Crippen LogP contribution in [0.15, 0.2) is 0 Å². The summed E-state index contributed by atoms with van der Waals surface area (Å²) in [5.74, 6) is -1.35. The Balaban J connectivity index is 2.06. The topological polar surface area (TPSA) is 83.1 Å². The second-order valence-electron chi connectivity index (χ2n) is 7.27. The van der Waals surface area contributed by atoms with E-state index < -0.39 is 29.0 Å². The summed E-state index contributed by atoms with van der Waals surface area (Å²) < 4.78 is 21.4. The van der Waals surface area contributed by atoms with Gasteiger partial charge in [-0.25, -0.2) is 9.59 Å². The van der Waals surface area contributed by atoms with Crippen LogP contribution in [0.1, 0.15) is 41.0 Å². The fourth-order valence-electron chi connectivity index (χ4n) is 2.75. The lowest BCUT2D eigenvalue weighted by atomic mass is 10.1. The molecule has 1 saturated heterocycles. The Morgan fingerprint density at radius 1 is 1.27 bits per heavy atom. The predicted molar refractivity (Wildman–Crippen MR) is 77.1 cm³/mol. The van der Waals surface area contributed by atoms with Gasteiger partial charge < -0.3 is 24.3 Å². The summed E-state index contributed by atoms with van der Waals surface area (Å²) in [7, 11) is 1.30. The monoisotopic (exact) mass is 315 g/mol. The number of carbonyl (C=O) groups is 2. The van der Waals surface area contributed by atoms with Crippen LogP contribution in [0.4, 0.5) is 4.79 Å². The van der Waals surface area contributed by atoms with E-state index >= 15 is 0 Å². The van der Waals surface area contributed by atoms with E-state index in [2.05, 4.69) is 5.32 Å². The van der Waals surface area contributed by atoms with Gasteiger partial charge in [-0.3, -0.25) is 0 Å². The van der Waals surface area contributed by atoms with Gasteiger partial charge >= 0.3 is 12.1 Å².